The zero-order valence-electron chi connectivity index (χ0n) is 19.6. The number of aromatic amines is 1. The Morgan fingerprint density at radius 2 is 1.92 bits per heavy atom. The third kappa shape index (κ3) is 6.46. The molecule has 1 aliphatic rings. The van der Waals surface area contributed by atoms with Crippen molar-refractivity contribution < 1.29 is 42.5 Å². The average molecular weight is 531 g/mol. The molecule has 36 heavy (non-hydrogen) atoms. The Morgan fingerprint density at radius 3 is 2.53 bits per heavy atom. The number of alkyl halides is 1. The van der Waals surface area contributed by atoms with Gasteiger partial charge < -0.3 is 24.2 Å². The van der Waals surface area contributed by atoms with Crippen LogP contribution in [0.2, 0.25) is 0 Å². The monoisotopic (exact) mass is 531 g/mol. The number of rotatable bonds is 10. The van der Waals surface area contributed by atoms with Crippen molar-refractivity contribution in [2.75, 3.05) is 6.61 Å². The third-order valence-electron chi connectivity index (χ3n) is 4.96. The lowest BCUT2D eigenvalue weighted by Gasteiger charge is -2.27. The van der Waals surface area contributed by atoms with Crippen molar-refractivity contribution in [2.45, 2.75) is 57.2 Å². The highest BCUT2D eigenvalue weighted by Crippen LogP contribution is 2.48. The fourth-order valence-electron chi connectivity index (χ4n) is 3.23. The second-order valence-corrected chi connectivity index (χ2v) is 9.95. The molecule has 6 atom stereocenters. The molecule has 3 rings (SSSR count). The first-order valence-electron chi connectivity index (χ1n) is 10.9. The highest BCUT2D eigenvalue weighted by Gasteiger charge is 2.57. The highest BCUT2D eigenvalue weighted by molar-refractivity contribution is 7.52. The minimum absolute atomic E-state index is 0.0521. The topological polar surface area (TPSA) is 178 Å². The van der Waals surface area contributed by atoms with Crippen molar-refractivity contribution in [2.24, 2.45) is 0 Å². The van der Waals surface area contributed by atoms with Gasteiger partial charge in [-0.25, -0.2) is 13.8 Å². The van der Waals surface area contributed by atoms with Gasteiger partial charge in [-0.2, -0.15) is 5.09 Å². The maximum absolute atomic E-state index is 15.6. The van der Waals surface area contributed by atoms with Crippen LogP contribution in [0.25, 0.3) is 0 Å². The van der Waals surface area contributed by atoms with E-state index in [2.05, 4.69) is 5.09 Å². The Kier molecular flexibility index (Phi) is 8.49. The summed E-state index contributed by atoms with van der Waals surface area (Å²) in [6, 6.07) is 7.38. The molecule has 2 heterocycles. The third-order valence-corrected chi connectivity index (χ3v) is 6.58. The van der Waals surface area contributed by atoms with E-state index in [9.17, 15) is 29.2 Å². The van der Waals surface area contributed by atoms with Crippen molar-refractivity contribution in [1.29, 1.82) is 0 Å². The number of benzene rings is 1. The van der Waals surface area contributed by atoms with Crippen molar-refractivity contribution in [3.05, 3.63) is 63.4 Å². The lowest BCUT2D eigenvalue weighted by Crippen LogP contribution is -2.44. The van der Waals surface area contributed by atoms with Gasteiger partial charge >= 0.3 is 19.4 Å². The first kappa shape index (κ1) is 27.7. The molecule has 198 valence electrons. The summed E-state index contributed by atoms with van der Waals surface area (Å²) < 4.78 is 50.5. The van der Waals surface area contributed by atoms with Gasteiger partial charge in [0, 0.05) is 12.3 Å². The van der Waals surface area contributed by atoms with Crippen LogP contribution in [-0.2, 0) is 23.4 Å². The minimum atomic E-state index is -4.52. The Hall–Kier alpha value is -2.87. The summed E-state index contributed by atoms with van der Waals surface area (Å²) >= 11 is 0. The van der Waals surface area contributed by atoms with Crippen LogP contribution in [0.3, 0.4) is 0 Å². The number of carbonyl (C=O) groups is 1. The molecule has 4 N–H and O–H groups in total. The second-order valence-electron chi connectivity index (χ2n) is 8.26. The predicted molar refractivity (Wildman–Crippen MR) is 122 cm³/mol. The Labute approximate surface area is 204 Å². The van der Waals surface area contributed by atoms with E-state index in [0.717, 1.165) is 12.3 Å². The van der Waals surface area contributed by atoms with Crippen LogP contribution in [0.5, 0.6) is 5.75 Å². The number of hydrogen-bond donors (Lipinski definition) is 4. The highest BCUT2D eigenvalue weighted by atomic mass is 31.2. The molecule has 15 heteroatoms. The summed E-state index contributed by atoms with van der Waals surface area (Å²) in [5, 5.41) is 23.0. The van der Waals surface area contributed by atoms with Gasteiger partial charge in [0.2, 0.25) is 0 Å². The summed E-state index contributed by atoms with van der Waals surface area (Å²) in [4.78, 5) is 37.4. The van der Waals surface area contributed by atoms with Gasteiger partial charge in [0.1, 0.15) is 30.6 Å². The number of esters is 1. The van der Waals surface area contributed by atoms with E-state index >= 15 is 4.39 Å². The fourth-order valence-corrected chi connectivity index (χ4v) is 4.73. The first-order valence-corrected chi connectivity index (χ1v) is 12.4. The predicted octanol–water partition coefficient (Wildman–Crippen LogP) is 0.586. The van der Waals surface area contributed by atoms with E-state index in [1.54, 1.807) is 32.0 Å². The number of ether oxygens (including phenoxy) is 2. The molecule has 1 aromatic carbocycles. The summed E-state index contributed by atoms with van der Waals surface area (Å²) in [6.45, 7) is 3.30. The number of aromatic nitrogens is 2. The van der Waals surface area contributed by atoms with Gasteiger partial charge in [-0.05, 0) is 32.9 Å². The molecule has 2 unspecified atom stereocenters. The number of aliphatic hydroxyl groups is 2. The van der Waals surface area contributed by atoms with Gasteiger partial charge in [0.05, 0.1) is 6.10 Å². The molecule has 2 aromatic rings. The number of halogens is 1. The normalized spacial score (nSPS) is 26.4. The molecule has 0 saturated carbocycles. The molecule has 0 amide bonds. The Balaban J connectivity index is 1.81. The fraction of sp³-hybridized carbons (Fsp3) is 0.476. The number of hydrogen-bond acceptors (Lipinski definition) is 10. The molecule has 1 saturated heterocycles. The summed E-state index contributed by atoms with van der Waals surface area (Å²) in [7, 11) is -4.52. The summed E-state index contributed by atoms with van der Waals surface area (Å²) in [5.41, 5.74) is -1.77. The molecule has 1 aliphatic heterocycles. The van der Waals surface area contributed by atoms with Crippen LogP contribution < -0.4 is 20.9 Å². The summed E-state index contributed by atoms with van der Waals surface area (Å²) in [5.74, 6) is -3.90. The molecular weight excluding hydrogens is 504 g/mol. The molecule has 0 aliphatic carbocycles. The molecular formula is C21H27FN3O10P. The number of aliphatic hydroxyl groups excluding tert-OH is 2. The lowest BCUT2D eigenvalue weighted by atomic mass is 10.1. The lowest BCUT2D eigenvalue weighted by molar-refractivity contribution is -0.204. The number of H-pyrrole nitrogens is 1. The van der Waals surface area contributed by atoms with Crippen molar-refractivity contribution in [3.8, 4) is 5.75 Å². The summed E-state index contributed by atoms with van der Waals surface area (Å²) in [6.07, 6.45) is -5.50. The number of nitrogens with one attached hydrogen (secondary N) is 2. The molecule has 0 bridgehead atoms. The maximum Gasteiger partial charge on any atom is 0.459 e. The van der Waals surface area contributed by atoms with Crippen molar-refractivity contribution in [3.63, 3.8) is 0 Å². The molecule has 1 aromatic heterocycles. The van der Waals surface area contributed by atoms with Crippen LogP contribution in [0.15, 0.2) is 52.2 Å². The van der Waals surface area contributed by atoms with Crippen LogP contribution in [-0.4, -0.2) is 62.5 Å². The molecule has 1 fully saturated rings. The van der Waals surface area contributed by atoms with E-state index in [-0.39, 0.29) is 5.75 Å². The van der Waals surface area contributed by atoms with Gasteiger partial charge in [0.25, 0.3) is 11.4 Å². The van der Waals surface area contributed by atoms with E-state index in [1.807, 2.05) is 4.98 Å². The SMILES string of the molecule is CC(C)OC(=O)[C@H](C)NP(=O)(OC[C@@]1(F)OC(n2ccc(=O)[nH]c2=O)[C@H](O)[C@@H]1O)Oc1ccccc1. The van der Waals surface area contributed by atoms with E-state index < -0.39 is 68.0 Å². The number of nitrogens with zero attached hydrogens (tertiary/aromatic N) is 1. The van der Waals surface area contributed by atoms with Gasteiger partial charge in [-0.3, -0.25) is 23.7 Å². The smallest absolute Gasteiger partial charge is 0.459 e. The van der Waals surface area contributed by atoms with E-state index in [0.29, 0.717) is 4.57 Å². The average Bonchev–Trinajstić information content (AvgIpc) is 3.02. The zero-order chi connectivity index (χ0) is 26.7. The van der Waals surface area contributed by atoms with E-state index in [1.165, 1.54) is 19.1 Å². The van der Waals surface area contributed by atoms with Gasteiger partial charge in [-0.1, -0.05) is 18.2 Å². The van der Waals surface area contributed by atoms with Crippen LogP contribution in [0.1, 0.15) is 27.0 Å². The van der Waals surface area contributed by atoms with Crippen molar-refractivity contribution >= 4 is 13.7 Å². The van der Waals surface area contributed by atoms with Crippen LogP contribution in [0.4, 0.5) is 4.39 Å². The quantitative estimate of drug-likeness (QED) is 0.249. The van der Waals surface area contributed by atoms with Gasteiger partial charge in [-0.15, -0.1) is 0 Å². The second kappa shape index (κ2) is 11.0. The van der Waals surface area contributed by atoms with Crippen LogP contribution in [0, 0.1) is 0 Å². The first-order chi connectivity index (χ1) is 16.8. The zero-order valence-corrected chi connectivity index (χ0v) is 20.5. The van der Waals surface area contributed by atoms with E-state index in [4.69, 9.17) is 18.5 Å². The molecule has 13 nitrogen and oxygen atoms in total. The molecule has 0 radical (unpaired) electrons. The largest absolute Gasteiger partial charge is 0.462 e. The number of para-hydroxylation sites is 1. The van der Waals surface area contributed by atoms with Gasteiger partial charge in [0.15, 0.2) is 6.23 Å². The molecule has 0 spiro atoms. The van der Waals surface area contributed by atoms with Crippen LogP contribution >= 0.6 is 7.75 Å². The minimum Gasteiger partial charge on any atom is -0.462 e. The number of carbonyl (C=O) groups excluding carboxylic acids is 1. The Bertz CT molecular complexity index is 1220. The van der Waals surface area contributed by atoms with Crippen molar-refractivity contribution in [1.82, 2.24) is 14.6 Å². The maximum atomic E-state index is 15.6. The Morgan fingerprint density at radius 1 is 1.25 bits per heavy atom. The standard InChI is InChI=1S/C21H27FN3O10P/c1-12(2)33-19(29)13(3)24-36(31,35-14-7-5-4-6-8-14)32-11-21(22)17(28)16(27)18(34-21)25-10-9-15(26)23-20(25)30/h4-10,12-13,16-18,27-28H,11H2,1-3H3,(H,24,31)(H,23,26,30)/t13-,16+,17-,18?,21+,36?/m0/s1.